The summed E-state index contributed by atoms with van der Waals surface area (Å²) in [6.45, 7) is -2.17. The molecular weight excluding hydrogens is 640 g/mol. The lowest BCUT2D eigenvalue weighted by Crippen LogP contribution is -2.64. The van der Waals surface area contributed by atoms with Gasteiger partial charge in [-0.25, -0.2) is 34.7 Å². The monoisotopic (exact) mass is 662 g/mol. The van der Waals surface area contributed by atoms with Crippen molar-refractivity contribution in [2.24, 2.45) is 0 Å². The highest BCUT2D eigenvalue weighted by Crippen LogP contribution is 2.34. The molecule has 2 rings (SSSR count). The lowest BCUT2D eigenvalue weighted by Gasteiger charge is -2.45. The van der Waals surface area contributed by atoms with Gasteiger partial charge >= 0.3 is 20.8 Å². The summed E-state index contributed by atoms with van der Waals surface area (Å²) >= 11 is 0. The molecule has 0 aromatic rings. The van der Waals surface area contributed by atoms with Crippen molar-refractivity contribution in [3.63, 3.8) is 0 Å². The summed E-state index contributed by atoms with van der Waals surface area (Å²) in [6.07, 6.45) is -17.6. The Bertz CT molecular complexity index is 944. The number of hydrogen-bond acceptors (Lipinski definition) is 25. The van der Waals surface area contributed by atoms with Crippen LogP contribution in [0.15, 0.2) is 0 Å². The van der Waals surface area contributed by atoms with Gasteiger partial charge in [0.2, 0.25) is 6.29 Å². The molecule has 29 heteroatoms. The molecule has 0 saturated carbocycles. The normalized spacial score (nSPS) is 33.2. The van der Waals surface area contributed by atoms with Crippen molar-refractivity contribution in [1.29, 1.82) is 0 Å². The molecule has 244 valence electrons. The molecule has 2 aliphatic heterocycles. The summed E-state index contributed by atoms with van der Waals surface area (Å²) in [7, 11) is -10.2. The second kappa shape index (κ2) is 17.3. The first-order chi connectivity index (χ1) is 19.4. The summed E-state index contributed by atoms with van der Waals surface area (Å²) in [5.41, 5.74) is 0. The molecule has 2 fully saturated rings. The Kier molecular flexibility index (Phi) is 15.3. The van der Waals surface area contributed by atoms with Crippen LogP contribution >= 0.6 is 0 Å². The van der Waals surface area contributed by atoms with Crippen molar-refractivity contribution in [1.82, 2.24) is 0 Å². The molecule has 0 amide bonds. The minimum atomic E-state index is -5.19. The first-order valence-electron chi connectivity index (χ1n) is 10.1. The van der Waals surface area contributed by atoms with Crippen LogP contribution in [0, 0.1) is 0 Å². The topological polar surface area (TPSA) is 358 Å². The van der Waals surface area contributed by atoms with E-state index in [0.717, 1.165) is 0 Å². The van der Waals surface area contributed by atoms with Crippen molar-refractivity contribution in [3.8, 4) is 0 Å². The highest BCUT2D eigenvalue weighted by molar-refractivity contribution is 7.81. The van der Waals surface area contributed by atoms with Crippen LogP contribution in [0.3, 0.4) is 0 Å². The van der Waals surface area contributed by atoms with E-state index in [2.05, 4.69) is 63.0 Å². The lowest BCUT2D eigenvalue weighted by molar-refractivity contribution is -0.660. The molecule has 0 aromatic heterocycles. The molecule has 41 heavy (non-hydrogen) atoms. The van der Waals surface area contributed by atoms with Gasteiger partial charge in [0.1, 0.15) is 18.3 Å². The highest BCUT2D eigenvalue weighted by Gasteiger charge is 2.55. The van der Waals surface area contributed by atoms with Gasteiger partial charge in [-0.1, -0.05) is 20.2 Å². The summed E-state index contributed by atoms with van der Waals surface area (Å²) in [5, 5.41) is 64.9. The predicted octanol–water partition coefficient (Wildman–Crippen LogP) is -2.64. The number of ether oxygens (including phenoxy) is 3. The van der Waals surface area contributed by atoms with E-state index in [1.807, 2.05) is 0 Å². The molecule has 2 aliphatic rings. The zero-order valence-electron chi connectivity index (χ0n) is 19.4. The van der Waals surface area contributed by atoms with Crippen LogP contribution in [-0.2, 0) is 98.0 Å². The zero-order valence-corrected chi connectivity index (χ0v) is 21.1. The van der Waals surface area contributed by atoms with Crippen LogP contribution in [-0.4, -0.2) is 121 Å². The lowest BCUT2D eigenvalue weighted by atomic mass is 9.98. The van der Waals surface area contributed by atoms with Gasteiger partial charge in [-0.2, -0.15) is 41.3 Å². The first kappa shape index (κ1) is 36.2. The molecule has 4 unspecified atom stereocenters. The fraction of sp³-hybridized carbons (Fsp3) is 1.00. The second-order valence-electron chi connectivity index (χ2n) is 7.28. The van der Waals surface area contributed by atoms with Crippen LogP contribution in [0.1, 0.15) is 6.42 Å². The molecule has 7 N–H and O–H groups in total. The smallest absolute Gasteiger partial charge is 0.344 e. The van der Waals surface area contributed by atoms with Crippen LogP contribution in [0.25, 0.3) is 0 Å². The molecule has 0 bridgehead atoms. The largest absolute Gasteiger partial charge is 0.397 e. The molecule has 0 spiro atoms. The highest BCUT2D eigenvalue weighted by atomic mass is 32.3. The molecule has 2 saturated heterocycles. The molecule has 0 aliphatic carbocycles. The van der Waals surface area contributed by atoms with Gasteiger partial charge < -0.3 is 14.2 Å². The number of rotatable bonds is 19. The Morgan fingerprint density at radius 2 is 1.17 bits per heavy atom. The van der Waals surface area contributed by atoms with Crippen molar-refractivity contribution in [2.45, 2.75) is 61.7 Å². The maximum absolute atomic E-state index is 11.2. The van der Waals surface area contributed by atoms with E-state index >= 15 is 0 Å². The van der Waals surface area contributed by atoms with Gasteiger partial charge in [-0.05, 0) is 10.1 Å². The van der Waals surface area contributed by atoms with E-state index in [-0.39, 0.29) is 0 Å². The molecule has 9 atom stereocenters. The van der Waals surface area contributed by atoms with Crippen molar-refractivity contribution >= 4 is 20.8 Å². The molecule has 0 aromatic carbocycles. The third-order valence-electron chi connectivity index (χ3n) is 4.92. The molecule has 27 nitrogen and oxygen atoms in total. The number of hydrogen-bond donors (Lipinski definition) is 7. The summed E-state index contributed by atoms with van der Waals surface area (Å²) in [5.74, 6) is 0. The maximum atomic E-state index is 11.2. The Morgan fingerprint density at radius 3 is 1.73 bits per heavy atom. The van der Waals surface area contributed by atoms with E-state index in [1.54, 1.807) is 0 Å². The summed E-state index contributed by atoms with van der Waals surface area (Å²) < 4.78 is 86.9. The van der Waals surface area contributed by atoms with E-state index in [1.165, 1.54) is 0 Å². The minimum Gasteiger partial charge on any atom is -0.344 e. The molecule has 2 heterocycles. The standard InChI is InChI=1S/C12H22O27S2/c13-34-29-5-1-4(2-24-40(18,19)20)26-11(8(5)30-35-14)28-7-6(3-25-41(21,22)23)27-12(33-39-38-17)10(32-37-16)9(7)31-36-15/h4-17H,1-3H2,(H,18,19,20)(H,21,22,23)/t4-,5?,6+,7+,8?,9?,10?,11-,12-/m1/s1. The Hall–Kier alpha value is -1.02. The zero-order chi connectivity index (χ0) is 30.6. The van der Waals surface area contributed by atoms with E-state index in [0.29, 0.717) is 0 Å². The van der Waals surface area contributed by atoms with Gasteiger partial charge in [0.15, 0.2) is 24.6 Å². The van der Waals surface area contributed by atoms with Crippen molar-refractivity contribution in [2.75, 3.05) is 13.2 Å². The van der Waals surface area contributed by atoms with Crippen LogP contribution < -0.4 is 0 Å². The Labute approximate surface area is 225 Å². The van der Waals surface area contributed by atoms with Crippen LogP contribution in [0.2, 0.25) is 0 Å². The Morgan fingerprint density at radius 1 is 0.610 bits per heavy atom. The predicted molar refractivity (Wildman–Crippen MR) is 102 cm³/mol. The fourth-order valence-corrected chi connectivity index (χ4v) is 4.14. The average molecular weight is 662 g/mol. The van der Waals surface area contributed by atoms with Crippen molar-refractivity contribution in [3.05, 3.63) is 0 Å². The third kappa shape index (κ3) is 11.9. The summed E-state index contributed by atoms with van der Waals surface area (Å²) in [6, 6.07) is 0. The molecular formula is C12H22O27S2. The van der Waals surface area contributed by atoms with Crippen LogP contribution in [0.5, 0.6) is 0 Å². The minimum absolute atomic E-state index is 0.501. The quantitative estimate of drug-likeness (QED) is 0.0422. The molecule has 0 radical (unpaired) electrons. The van der Waals surface area contributed by atoms with Gasteiger partial charge in [0, 0.05) is 6.42 Å². The summed E-state index contributed by atoms with van der Waals surface area (Å²) in [4.78, 5) is 22.6. The van der Waals surface area contributed by atoms with Gasteiger partial charge in [-0.15, -0.1) is 0 Å². The SMILES string of the molecule is O=S(=O)(O)OC[C@H]1CC(OOO)C(OOO)[C@@H](O[C@@H]2C(OOO)C(OOO)[C@@H](OOOO)O[C@H]2COS(=O)(=O)O)O1. The average Bonchev–Trinajstić information content (AvgIpc) is 2.89. The van der Waals surface area contributed by atoms with Gasteiger partial charge in [-0.3, -0.25) is 9.11 Å². The second-order valence-corrected chi connectivity index (χ2v) is 9.47. The Balaban J connectivity index is 2.47. The first-order valence-corrected chi connectivity index (χ1v) is 12.8. The van der Waals surface area contributed by atoms with E-state index in [9.17, 15) is 16.8 Å². The van der Waals surface area contributed by atoms with Gasteiger partial charge in [0.05, 0.1) is 19.3 Å². The van der Waals surface area contributed by atoms with E-state index in [4.69, 9.17) is 49.6 Å². The maximum Gasteiger partial charge on any atom is 0.397 e. The van der Waals surface area contributed by atoms with E-state index < -0.39 is 95.7 Å². The van der Waals surface area contributed by atoms with Crippen molar-refractivity contribution < 1.29 is 129 Å². The fourth-order valence-electron chi connectivity index (χ4n) is 3.51. The van der Waals surface area contributed by atoms with Gasteiger partial charge in [0.25, 0.3) is 0 Å². The van der Waals surface area contributed by atoms with Crippen LogP contribution in [0.4, 0.5) is 0 Å². The third-order valence-corrected chi connectivity index (χ3v) is 5.78.